The van der Waals surface area contributed by atoms with Crippen LogP contribution in [0.2, 0.25) is 0 Å². The molecule has 0 spiro atoms. The third-order valence-corrected chi connectivity index (χ3v) is 3.74. The molecule has 7 heteroatoms. The van der Waals surface area contributed by atoms with Crippen LogP contribution in [0, 0.1) is 18.3 Å². The first-order chi connectivity index (χ1) is 13.1. The van der Waals surface area contributed by atoms with Crippen molar-refractivity contribution in [1.29, 1.82) is 5.26 Å². The van der Waals surface area contributed by atoms with Crippen molar-refractivity contribution in [3.63, 3.8) is 0 Å². The molecule has 2 aromatic carbocycles. The van der Waals surface area contributed by atoms with Gasteiger partial charge in [-0.25, -0.2) is 9.48 Å². The molecule has 1 N–H and O–H groups in total. The summed E-state index contributed by atoms with van der Waals surface area (Å²) in [5.41, 5.74) is 2.18. The van der Waals surface area contributed by atoms with Crippen molar-refractivity contribution in [2.75, 3.05) is 11.9 Å². The Bertz CT molecular complexity index is 1020. The summed E-state index contributed by atoms with van der Waals surface area (Å²) in [6.07, 6.45) is 1.36. The molecule has 0 atom stereocenters. The minimum absolute atomic E-state index is 0.206. The van der Waals surface area contributed by atoms with Gasteiger partial charge in [0.05, 0.1) is 17.4 Å². The van der Waals surface area contributed by atoms with Crippen molar-refractivity contribution in [2.24, 2.45) is 0 Å². The Morgan fingerprint density at radius 2 is 1.96 bits per heavy atom. The Morgan fingerprint density at radius 3 is 2.67 bits per heavy atom. The van der Waals surface area contributed by atoms with E-state index in [1.165, 1.54) is 10.9 Å². The van der Waals surface area contributed by atoms with Crippen LogP contribution in [0.15, 0.2) is 60.8 Å². The number of esters is 1. The first-order valence-corrected chi connectivity index (χ1v) is 8.15. The lowest BCUT2D eigenvalue weighted by Gasteiger charge is -2.10. The summed E-state index contributed by atoms with van der Waals surface area (Å²) in [6.45, 7) is 1.38. The topological polar surface area (TPSA) is 97.0 Å². The molecule has 0 saturated carbocycles. The molecule has 27 heavy (non-hydrogen) atoms. The number of aromatic nitrogens is 2. The van der Waals surface area contributed by atoms with Gasteiger partial charge in [-0.3, -0.25) is 4.79 Å². The van der Waals surface area contributed by atoms with E-state index >= 15 is 0 Å². The molecule has 3 rings (SSSR count). The molecule has 3 aromatic rings. The van der Waals surface area contributed by atoms with Gasteiger partial charge in [0.25, 0.3) is 5.91 Å². The number of aryl methyl sites for hydroxylation is 1. The smallest absolute Gasteiger partial charge is 0.338 e. The zero-order valence-electron chi connectivity index (χ0n) is 14.5. The second-order valence-corrected chi connectivity index (χ2v) is 5.76. The number of anilines is 1. The number of nitrogens with one attached hydrogen (secondary N) is 1. The highest BCUT2D eigenvalue weighted by Gasteiger charge is 2.16. The molecule has 1 aromatic heterocycles. The molecule has 0 aliphatic carbocycles. The number of para-hydroxylation sites is 1. The monoisotopic (exact) mass is 360 g/mol. The Kier molecular flexibility index (Phi) is 5.28. The minimum atomic E-state index is -0.592. The summed E-state index contributed by atoms with van der Waals surface area (Å²) in [6, 6.07) is 17.9. The zero-order valence-corrected chi connectivity index (χ0v) is 14.5. The molecule has 1 heterocycles. The number of carbonyl (C=O) groups excluding carboxylic acids is 2. The fourth-order valence-electron chi connectivity index (χ4n) is 2.47. The van der Waals surface area contributed by atoms with Crippen LogP contribution in [0.3, 0.4) is 0 Å². The molecule has 0 bridgehead atoms. The number of nitriles is 1. The lowest BCUT2D eigenvalue weighted by molar-refractivity contribution is -0.119. The van der Waals surface area contributed by atoms with Crippen LogP contribution in [0.25, 0.3) is 5.69 Å². The second kappa shape index (κ2) is 7.97. The number of benzene rings is 2. The van der Waals surface area contributed by atoms with Crippen molar-refractivity contribution in [2.45, 2.75) is 6.92 Å². The molecule has 0 aliphatic rings. The van der Waals surface area contributed by atoms with E-state index in [4.69, 9.17) is 4.74 Å². The maximum Gasteiger partial charge on any atom is 0.338 e. The van der Waals surface area contributed by atoms with E-state index in [-0.39, 0.29) is 11.4 Å². The maximum atomic E-state index is 12.2. The first-order valence-electron chi connectivity index (χ1n) is 8.15. The van der Waals surface area contributed by atoms with Gasteiger partial charge >= 0.3 is 5.97 Å². The van der Waals surface area contributed by atoms with Gasteiger partial charge in [-0.1, -0.05) is 35.9 Å². The predicted molar refractivity (Wildman–Crippen MR) is 98.4 cm³/mol. The zero-order chi connectivity index (χ0) is 19.2. The van der Waals surface area contributed by atoms with Gasteiger partial charge in [-0.15, -0.1) is 0 Å². The average molecular weight is 360 g/mol. The van der Waals surface area contributed by atoms with Crippen LogP contribution in [0.1, 0.15) is 21.5 Å². The second-order valence-electron chi connectivity index (χ2n) is 5.76. The van der Waals surface area contributed by atoms with Crippen molar-refractivity contribution in [3.05, 3.63) is 77.5 Å². The van der Waals surface area contributed by atoms with Gasteiger partial charge in [0, 0.05) is 0 Å². The molecule has 0 fully saturated rings. The summed E-state index contributed by atoms with van der Waals surface area (Å²) in [5, 5.41) is 16.0. The van der Waals surface area contributed by atoms with Crippen LogP contribution >= 0.6 is 0 Å². The van der Waals surface area contributed by atoms with E-state index in [0.29, 0.717) is 11.3 Å². The van der Waals surface area contributed by atoms with E-state index in [2.05, 4.69) is 10.4 Å². The highest BCUT2D eigenvalue weighted by atomic mass is 16.5. The molecule has 0 saturated heterocycles. The quantitative estimate of drug-likeness (QED) is 0.706. The summed E-state index contributed by atoms with van der Waals surface area (Å²) in [4.78, 5) is 24.3. The fraction of sp³-hybridized carbons (Fsp3) is 0.100. The minimum Gasteiger partial charge on any atom is -0.452 e. The molecule has 7 nitrogen and oxygen atoms in total. The fourth-order valence-corrected chi connectivity index (χ4v) is 2.47. The van der Waals surface area contributed by atoms with Crippen LogP contribution < -0.4 is 5.32 Å². The Morgan fingerprint density at radius 1 is 1.19 bits per heavy atom. The van der Waals surface area contributed by atoms with Crippen LogP contribution in [0.5, 0.6) is 0 Å². The number of hydrogen-bond acceptors (Lipinski definition) is 5. The number of amides is 1. The van der Waals surface area contributed by atoms with E-state index in [1.54, 1.807) is 30.3 Å². The van der Waals surface area contributed by atoms with E-state index < -0.39 is 18.5 Å². The predicted octanol–water partition coefficient (Wildman–Crippen LogP) is 2.85. The Labute approximate surface area is 155 Å². The third-order valence-electron chi connectivity index (χ3n) is 3.74. The third kappa shape index (κ3) is 4.19. The number of nitrogens with zero attached hydrogens (tertiary/aromatic N) is 3. The normalized spacial score (nSPS) is 10.1. The van der Waals surface area contributed by atoms with Crippen molar-refractivity contribution in [3.8, 4) is 11.8 Å². The lowest BCUT2D eigenvalue weighted by atomic mass is 10.1. The summed E-state index contributed by atoms with van der Waals surface area (Å²) >= 11 is 0. The van der Waals surface area contributed by atoms with E-state index in [1.807, 2.05) is 37.3 Å². The van der Waals surface area contributed by atoms with Crippen molar-refractivity contribution >= 4 is 17.7 Å². The number of carbonyl (C=O) groups is 2. The summed E-state index contributed by atoms with van der Waals surface area (Å²) < 4.78 is 6.49. The van der Waals surface area contributed by atoms with Crippen molar-refractivity contribution < 1.29 is 14.3 Å². The van der Waals surface area contributed by atoms with Crippen LogP contribution in [-0.4, -0.2) is 28.3 Å². The summed E-state index contributed by atoms with van der Waals surface area (Å²) in [7, 11) is 0. The van der Waals surface area contributed by atoms with Gasteiger partial charge in [0.15, 0.2) is 12.4 Å². The van der Waals surface area contributed by atoms with Crippen LogP contribution in [-0.2, 0) is 9.53 Å². The lowest BCUT2D eigenvalue weighted by Crippen LogP contribution is -2.23. The average Bonchev–Trinajstić information content (AvgIpc) is 3.09. The molecule has 134 valence electrons. The summed E-state index contributed by atoms with van der Waals surface area (Å²) in [5.74, 6) is -0.934. The molecular weight excluding hydrogens is 344 g/mol. The van der Waals surface area contributed by atoms with Crippen LogP contribution in [0.4, 0.5) is 5.82 Å². The molecular formula is C20H16N4O3. The van der Waals surface area contributed by atoms with Gasteiger partial charge in [-0.2, -0.15) is 10.4 Å². The van der Waals surface area contributed by atoms with Gasteiger partial charge in [0.2, 0.25) is 0 Å². The maximum absolute atomic E-state index is 12.2. The molecule has 0 radical (unpaired) electrons. The molecule has 0 unspecified atom stereocenters. The highest BCUT2D eigenvalue weighted by Crippen LogP contribution is 2.19. The largest absolute Gasteiger partial charge is 0.452 e. The van der Waals surface area contributed by atoms with Gasteiger partial charge in [-0.05, 0) is 31.2 Å². The van der Waals surface area contributed by atoms with E-state index in [9.17, 15) is 14.9 Å². The number of rotatable bonds is 5. The van der Waals surface area contributed by atoms with Crippen molar-refractivity contribution in [1.82, 2.24) is 9.78 Å². The Balaban J connectivity index is 1.70. The SMILES string of the molecule is Cc1cccc(C(=O)OCC(=O)Nc2c(C#N)cnn2-c2ccccc2)c1. The number of hydrogen-bond donors (Lipinski definition) is 1. The van der Waals surface area contributed by atoms with Gasteiger partial charge < -0.3 is 10.1 Å². The highest BCUT2D eigenvalue weighted by molar-refractivity contribution is 5.95. The molecule has 1 amide bonds. The van der Waals surface area contributed by atoms with E-state index in [0.717, 1.165) is 5.56 Å². The first kappa shape index (κ1) is 17.9. The van der Waals surface area contributed by atoms with Gasteiger partial charge in [0.1, 0.15) is 11.6 Å². The molecule has 0 aliphatic heterocycles. The standard InChI is InChI=1S/C20H16N4O3/c1-14-6-5-7-15(10-14)20(26)27-13-18(25)23-19-16(11-21)12-22-24(19)17-8-3-2-4-9-17/h2-10,12H,13H2,1H3,(H,23,25). The number of ether oxygens (including phenoxy) is 1. The Hall–Kier alpha value is -3.92.